The third-order valence-electron chi connectivity index (χ3n) is 4.03. The van der Waals surface area contributed by atoms with Crippen molar-refractivity contribution < 1.29 is 0 Å². The van der Waals surface area contributed by atoms with Crippen molar-refractivity contribution in [2.45, 2.75) is 6.92 Å². The molecule has 0 aliphatic rings. The topological polar surface area (TPSA) is 38.7 Å². The smallest absolute Gasteiger partial charge is 0.0900 e. The quantitative estimate of drug-likeness (QED) is 0.521. The van der Waals surface area contributed by atoms with Gasteiger partial charge in [0.2, 0.25) is 0 Å². The molecule has 0 spiro atoms. The normalized spacial score (nSPS) is 10.6. The Labute approximate surface area is 147 Å². The summed E-state index contributed by atoms with van der Waals surface area (Å²) in [7, 11) is 0. The van der Waals surface area contributed by atoms with Gasteiger partial charge in [-0.15, -0.1) is 0 Å². The first-order chi connectivity index (χ1) is 12.3. The van der Waals surface area contributed by atoms with Gasteiger partial charge in [0.05, 0.1) is 22.8 Å². The van der Waals surface area contributed by atoms with Crippen LogP contribution in [0.25, 0.3) is 33.9 Å². The molecule has 0 amide bonds. The highest BCUT2D eigenvalue weighted by atomic mass is 14.8. The molecule has 0 aliphatic heterocycles. The van der Waals surface area contributed by atoms with Crippen molar-refractivity contribution >= 4 is 0 Å². The van der Waals surface area contributed by atoms with Gasteiger partial charge >= 0.3 is 0 Å². The highest BCUT2D eigenvalue weighted by Gasteiger charge is 2.10. The number of nitrogens with zero attached hydrogens (tertiary/aromatic N) is 3. The van der Waals surface area contributed by atoms with E-state index in [0.29, 0.717) is 0 Å². The van der Waals surface area contributed by atoms with Crippen LogP contribution in [-0.2, 0) is 0 Å². The lowest BCUT2D eigenvalue weighted by atomic mass is 10.0. The standard InChI is InChI=1S/C22H17N3/c1-16-7-6-8-17(13-16)18-14-21(19-9-2-4-11-23-19)25-22(15-18)20-10-3-5-12-24-20/h2-15H,1H3. The van der Waals surface area contributed by atoms with Crippen molar-refractivity contribution in [3.63, 3.8) is 0 Å². The molecule has 3 heteroatoms. The van der Waals surface area contributed by atoms with Gasteiger partial charge in [0.15, 0.2) is 0 Å². The number of hydrogen-bond donors (Lipinski definition) is 0. The maximum Gasteiger partial charge on any atom is 0.0900 e. The van der Waals surface area contributed by atoms with E-state index < -0.39 is 0 Å². The molecule has 0 bridgehead atoms. The molecule has 0 N–H and O–H groups in total. The van der Waals surface area contributed by atoms with Crippen molar-refractivity contribution in [2.24, 2.45) is 0 Å². The van der Waals surface area contributed by atoms with Crippen molar-refractivity contribution in [1.29, 1.82) is 0 Å². The van der Waals surface area contributed by atoms with E-state index in [4.69, 9.17) is 4.98 Å². The molecule has 4 aromatic rings. The van der Waals surface area contributed by atoms with Crippen LogP contribution >= 0.6 is 0 Å². The molecular formula is C22H17N3. The van der Waals surface area contributed by atoms with E-state index in [0.717, 1.165) is 33.9 Å². The number of pyridine rings is 3. The predicted molar refractivity (Wildman–Crippen MR) is 101 cm³/mol. The van der Waals surface area contributed by atoms with Crippen molar-refractivity contribution in [3.8, 4) is 33.9 Å². The van der Waals surface area contributed by atoms with Crippen LogP contribution in [0.4, 0.5) is 0 Å². The third-order valence-corrected chi connectivity index (χ3v) is 4.03. The summed E-state index contributed by atoms with van der Waals surface area (Å²) in [5.74, 6) is 0. The van der Waals surface area contributed by atoms with E-state index in [1.54, 1.807) is 12.4 Å². The van der Waals surface area contributed by atoms with Crippen LogP contribution in [-0.4, -0.2) is 15.0 Å². The van der Waals surface area contributed by atoms with Gasteiger partial charge in [-0.2, -0.15) is 0 Å². The molecule has 25 heavy (non-hydrogen) atoms. The molecule has 0 aliphatic carbocycles. The highest BCUT2D eigenvalue weighted by Crippen LogP contribution is 2.29. The number of hydrogen-bond acceptors (Lipinski definition) is 3. The lowest BCUT2D eigenvalue weighted by molar-refractivity contribution is 1.22. The first-order valence-corrected chi connectivity index (χ1v) is 8.21. The Balaban J connectivity index is 1.92. The molecule has 1 aromatic carbocycles. The van der Waals surface area contributed by atoms with Gasteiger partial charge in [-0.25, -0.2) is 4.98 Å². The van der Waals surface area contributed by atoms with Crippen molar-refractivity contribution in [1.82, 2.24) is 15.0 Å². The molecule has 3 heterocycles. The second-order valence-corrected chi connectivity index (χ2v) is 5.93. The zero-order chi connectivity index (χ0) is 17.1. The molecule has 120 valence electrons. The van der Waals surface area contributed by atoms with E-state index in [-0.39, 0.29) is 0 Å². The Hall–Kier alpha value is -3.33. The summed E-state index contributed by atoms with van der Waals surface area (Å²) in [5, 5.41) is 0. The fourth-order valence-electron chi connectivity index (χ4n) is 2.81. The van der Waals surface area contributed by atoms with Crippen LogP contribution in [0.3, 0.4) is 0 Å². The maximum atomic E-state index is 4.80. The van der Waals surface area contributed by atoms with Gasteiger partial charge in [-0.1, -0.05) is 42.0 Å². The summed E-state index contributed by atoms with van der Waals surface area (Å²) in [6.07, 6.45) is 3.58. The Bertz CT molecular complexity index is 938. The summed E-state index contributed by atoms with van der Waals surface area (Å²) < 4.78 is 0. The van der Waals surface area contributed by atoms with Gasteiger partial charge in [0.1, 0.15) is 0 Å². The maximum absolute atomic E-state index is 4.80. The highest BCUT2D eigenvalue weighted by molar-refractivity contribution is 5.74. The van der Waals surface area contributed by atoms with Crippen LogP contribution in [0.5, 0.6) is 0 Å². The Kier molecular flexibility index (Phi) is 4.05. The second kappa shape index (κ2) is 6.65. The van der Waals surface area contributed by atoms with Crippen LogP contribution in [0.1, 0.15) is 5.56 Å². The molecule has 0 radical (unpaired) electrons. The fraction of sp³-hybridized carbons (Fsp3) is 0.0455. The molecule has 0 atom stereocenters. The zero-order valence-corrected chi connectivity index (χ0v) is 13.9. The Morgan fingerprint density at radius 3 is 1.72 bits per heavy atom. The lowest BCUT2D eigenvalue weighted by Gasteiger charge is -2.09. The molecule has 0 saturated carbocycles. The van der Waals surface area contributed by atoms with Gasteiger partial charge < -0.3 is 0 Å². The molecule has 0 unspecified atom stereocenters. The number of rotatable bonds is 3. The molecule has 3 aromatic heterocycles. The lowest BCUT2D eigenvalue weighted by Crippen LogP contribution is -1.94. The van der Waals surface area contributed by atoms with Crippen molar-refractivity contribution in [3.05, 3.63) is 90.8 Å². The van der Waals surface area contributed by atoms with Gasteiger partial charge in [0, 0.05) is 12.4 Å². The Morgan fingerprint density at radius 1 is 0.560 bits per heavy atom. The van der Waals surface area contributed by atoms with Crippen LogP contribution in [0.15, 0.2) is 85.2 Å². The van der Waals surface area contributed by atoms with E-state index in [2.05, 4.69) is 53.3 Å². The Morgan fingerprint density at radius 2 is 1.20 bits per heavy atom. The molecule has 4 rings (SSSR count). The predicted octanol–water partition coefficient (Wildman–Crippen LogP) is 5.18. The summed E-state index contributed by atoms with van der Waals surface area (Å²) in [5.41, 5.74) is 6.91. The summed E-state index contributed by atoms with van der Waals surface area (Å²) in [6, 6.07) is 24.4. The van der Waals surface area contributed by atoms with Gasteiger partial charge in [0.25, 0.3) is 0 Å². The van der Waals surface area contributed by atoms with E-state index in [9.17, 15) is 0 Å². The first-order valence-electron chi connectivity index (χ1n) is 8.21. The average Bonchev–Trinajstić information content (AvgIpc) is 2.69. The SMILES string of the molecule is Cc1cccc(-c2cc(-c3ccccn3)nc(-c3ccccn3)c2)c1. The molecule has 0 fully saturated rings. The second-order valence-electron chi connectivity index (χ2n) is 5.93. The first kappa shape index (κ1) is 15.2. The largest absolute Gasteiger partial charge is 0.255 e. The molecule has 3 nitrogen and oxygen atoms in total. The third kappa shape index (κ3) is 3.31. The minimum Gasteiger partial charge on any atom is -0.255 e. The number of aromatic nitrogens is 3. The van der Waals surface area contributed by atoms with Crippen LogP contribution < -0.4 is 0 Å². The van der Waals surface area contributed by atoms with E-state index >= 15 is 0 Å². The minimum absolute atomic E-state index is 0.847. The zero-order valence-electron chi connectivity index (χ0n) is 13.9. The average molecular weight is 323 g/mol. The monoisotopic (exact) mass is 323 g/mol. The fourth-order valence-corrected chi connectivity index (χ4v) is 2.81. The summed E-state index contributed by atoms with van der Waals surface area (Å²) in [4.78, 5) is 13.7. The van der Waals surface area contributed by atoms with Crippen LogP contribution in [0, 0.1) is 6.92 Å². The van der Waals surface area contributed by atoms with Gasteiger partial charge in [-0.3, -0.25) is 9.97 Å². The van der Waals surface area contributed by atoms with E-state index in [1.165, 1.54) is 5.56 Å². The van der Waals surface area contributed by atoms with Crippen LogP contribution in [0.2, 0.25) is 0 Å². The van der Waals surface area contributed by atoms with E-state index in [1.807, 2.05) is 36.4 Å². The van der Waals surface area contributed by atoms with Crippen molar-refractivity contribution in [2.75, 3.05) is 0 Å². The minimum atomic E-state index is 0.847. The summed E-state index contributed by atoms with van der Waals surface area (Å²) >= 11 is 0. The number of aryl methyl sites for hydroxylation is 1. The van der Waals surface area contributed by atoms with Gasteiger partial charge in [-0.05, 0) is 54.4 Å². The molecule has 0 saturated heterocycles. The summed E-state index contributed by atoms with van der Waals surface area (Å²) in [6.45, 7) is 2.10. The molecular weight excluding hydrogens is 306 g/mol. The number of benzene rings is 1.